The Labute approximate surface area is 173 Å². The first kappa shape index (κ1) is 24.7. The molecule has 0 saturated carbocycles. The predicted octanol–water partition coefficient (Wildman–Crippen LogP) is 0.559. The maximum Gasteiger partial charge on any atom is 0.328 e. The Hall–Kier alpha value is -3.37. The number of aromatic nitrogens is 1. The number of nitrogens with one attached hydrogen (secondary N) is 3. The fourth-order valence-electron chi connectivity index (χ4n) is 3.17. The molecule has 0 spiro atoms. The Kier molecular flexibility index (Phi) is 9.53. The van der Waals surface area contributed by atoms with Crippen LogP contribution in [0.1, 0.15) is 24.5 Å². The van der Waals surface area contributed by atoms with Crippen molar-refractivity contribution in [1.82, 2.24) is 15.6 Å². The van der Waals surface area contributed by atoms with Crippen molar-refractivity contribution in [3.63, 3.8) is 0 Å². The Morgan fingerprint density at radius 3 is 2.33 bits per heavy atom. The topological polar surface area (TPSA) is 189 Å². The number of rotatable bonds is 7. The van der Waals surface area contributed by atoms with Gasteiger partial charge in [-0.15, -0.1) is 0 Å². The molecule has 0 aliphatic carbocycles. The van der Waals surface area contributed by atoms with Gasteiger partial charge >= 0.3 is 18.0 Å². The standard InChI is InChI=1S/C16H22N4O.C4H4O4.H2O/c1-10-14(20-16(21)19-10)4-2-11-3-5-15-13(8-11)12(6-7-17)9-18-15;5-3(6)1-2-4(7)8;/h3,5,8-10,14,18H,2,4,6-7,17H2,1H3,(H2,19,20,21);1-2H,(H,5,6)(H,7,8);1H2. The van der Waals surface area contributed by atoms with Crippen molar-refractivity contribution in [3.8, 4) is 0 Å². The van der Waals surface area contributed by atoms with Gasteiger partial charge in [-0.05, 0) is 56.0 Å². The lowest BCUT2D eigenvalue weighted by atomic mass is 10.00. The Bertz CT molecular complexity index is 892. The molecule has 10 nitrogen and oxygen atoms in total. The minimum absolute atomic E-state index is 0. The monoisotopic (exact) mass is 420 g/mol. The Morgan fingerprint density at radius 1 is 1.13 bits per heavy atom. The molecule has 2 atom stereocenters. The van der Waals surface area contributed by atoms with Crippen LogP contribution >= 0.6 is 0 Å². The molecule has 30 heavy (non-hydrogen) atoms. The summed E-state index contributed by atoms with van der Waals surface area (Å²) in [5.41, 5.74) is 9.39. The molecule has 1 fully saturated rings. The van der Waals surface area contributed by atoms with E-state index in [1.54, 1.807) is 0 Å². The van der Waals surface area contributed by atoms with Crippen molar-refractivity contribution in [2.75, 3.05) is 6.54 Å². The van der Waals surface area contributed by atoms with Crippen LogP contribution in [0.25, 0.3) is 10.9 Å². The van der Waals surface area contributed by atoms with Crippen molar-refractivity contribution in [2.45, 2.75) is 38.3 Å². The van der Waals surface area contributed by atoms with E-state index in [1.165, 1.54) is 16.5 Å². The van der Waals surface area contributed by atoms with Crippen LogP contribution in [-0.4, -0.2) is 57.3 Å². The fourth-order valence-corrected chi connectivity index (χ4v) is 3.17. The van der Waals surface area contributed by atoms with Crippen LogP contribution in [-0.2, 0) is 22.4 Å². The summed E-state index contributed by atoms with van der Waals surface area (Å²) in [7, 11) is 0. The molecule has 2 unspecified atom stereocenters. The van der Waals surface area contributed by atoms with Crippen LogP contribution in [0.15, 0.2) is 36.5 Å². The second-order valence-corrected chi connectivity index (χ2v) is 6.79. The van der Waals surface area contributed by atoms with Gasteiger partial charge in [0, 0.05) is 35.3 Å². The number of carboxylic acids is 2. The number of carboxylic acid groups (broad SMARTS) is 2. The Balaban J connectivity index is 0.000000431. The van der Waals surface area contributed by atoms with E-state index in [4.69, 9.17) is 15.9 Å². The van der Waals surface area contributed by atoms with Gasteiger partial charge < -0.3 is 37.0 Å². The van der Waals surface area contributed by atoms with Gasteiger partial charge in [-0.2, -0.15) is 0 Å². The number of nitrogens with two attached hydrogens (primary N) is 1. The van der Waals surface area contributed by atoms with Crippen molar-refractivity contribution in [2.24, 2.45) is 5.73 Å². The molecule has 3 rings (SSSR count). The molecule has 9 N–H and O–H groups in total. The number of fused-ring (bicyclic) bond motifs is 1. The summed E-state index contributed by atoms with van der Waals surface area (Å²) in [6, 6.07) is 6.87. The summed E-state index contributed by atoms with van der Waals surface area (Å²) in [4.78, 5) is 33.7. The maximum atomic E-state index is 11.3. The highest BCUT2D eigenvalue weighted by atomic mass is 16.4. The van der Waals surface area contributed by atoms with Crippen LogP contribution in [0.3, 0.4) is 0 Å². The maximum absolute atomic E-state index is 11.3. The largest absolute Gasteiger partial charge is 0.478 e. The number of carbonyl (C=O) groups excluding carboxylic acids is 1. The van der Waals surface area contributed by atoms with Gasteiger partial charge in [0.1, 0.15) is 0 Å². The molecular weight excluding hydrogens is 392 g/mol. The van der Waals surface area contributed by atoms with Crippen LogP contribution in [0.2, 0.25) is 0 Å². The van der Waals surface area contributed by atoms with Gasteiger partial charge in [0.15, 0.2) is 0 Å². The minimum atomic E-state index is -1.26. The van der Waals surface area contributed by atoms with Gasteiger partial charge in [-0.3, -0.25) is 0 Å². The summed E-state index contributed by atoms with van der Waals surface area (Å²) in [6.45, 7) is 2.70. The second-order valence-electron chi connectivity index (χ2n) is 6.79. The zero-order chi connectivity index (χ0) is 21.4. The third-order valence-electron chi connectivity index (χ3n) is 4.64. The molecular formula is C20H28N4O6. The van der Waals surface area contributed by atoms with Gasteiger partial charge in [-0.25, -0.2) is 14.4 Å². The van der Waals surface area contributed by atoms with E-state index >= 15 is 0 Å². The molecule has 10 heteroatoms. The smallest absolute Gasteiger partial charge is 0.328 e. The third kappa shape index (κ3) is 7.22. The molecule has 2 heterocycles. The van der Waals surface area contributed by atoms with Crippen molar-refractivity contribution in [1.29, 1.82) is 0 Å². The molecule has 1 aromatic heterocycles. The van der Waals surface area contributed by atoms with Crippen LogP contribution in [0, 0.1) is 0 Å². The molecule has 2 aromatic rings. The van der Waals surface area contributed by atoms with E-state index in [9.17, 15) is 14.4 Å². The summed E-state index contributed by atoms with van der Waals surface area (Å²) >= 11 is 0. The molecule has 1 aromatic carbocycles. The summed E-state index contributed by atoms with van der Waals surface area (Å²) in [6.07, 6.45) is 5.96. The summed E-state index contributed by atoms with van der Waals surface area (Å²) in [5, 5.41) is 22.7. The second kappa shape index (κ2) is 11.6. The molecule has 2 amide bonds. The van der Waals surface area contributed by atoms with E-state index in [2.05, 4.69) is 33.8 Å². The number of H-pyrrole nitrogens is 1. The van der Waals surface area contributed by atoms with Gasteiger partial charge in [0.25, 0.3) is 0 Å². The average molecular weight is 420 g/mol. The number of aryl methyl sites for hydroxylation is 1. The zero-order valence-corrected chi connectivity index (χ0v) is 16.6. The Morgan fingerprint density at radius 2 is 1.80 bits per heavy atom. The molecule has 0 radical (unpaired) electrons. The quantitative estimate of drug-likeness (QED) is 0.355. The molecule has 0 bridgehead atoms. The van der Waals surface area contributed by atoms with Gasteiger partial charge in [0.05, 0.1) is 6.04 Å². The number of carbonyl (C=O) groups is 3. The highest BCUT2D eigenvalue weighted by Gasteiger charge is 2.27. The predicted molar refractivity (Wildman–Crippen MR) is 112 cm³/mol. The first-order chi connectivity index (χ1) is 13.8. The van der Waals surface area contributed by atoms with E-state index in [-0.39, 0.29) is 23.6 Å². The lowest BCUT2D eigenvalue weighted by Crippen LogP contribution is -2.31. The first-order valence-corrected chi connectivity index (χ1v) is 9.30. The number of hydrogen-bond acceptors (Lipinski definition) is 4. The van der Waals surface area contributed by atoms with Crippen molar-refractivity contribution in [3.05, 3.63) is 47.7 Å². The van der Waals surface area contributed by atoms with Gasteiger partial charge in [-0.1, -0.05) is 6.07 Å². The normalized spacial score (nSPS) is 17.6. The number of aliphatic carboxylic acids is 2. The lowest BCUT2D eigenvalue weighted by Gasteiger charge is -2.13. The number of amides is 2. The third-order valence-corrected chi connectivity index (χ3v) is 4.64. The highest BCUT2D eigenvalue weighted by Crippen LogP contribution is 2.21. The van der Waals surface area contributed by atoms with Crippen LogP contribution < -0.4 is 16.4 Å². The van der Waals surface area contributed by atoms with E-state index in [0.29, 0.717) is 18.7 Å². The average Bonchev–Trinajstić information content (AvgIpc) is 3.21. The summed E-state index contributed by atoms with van der Waals surface area (Å²) in [5.74, 6) is -2.51. The highest BCUT2D eigenvalue weighted by molar-refractivity contribution is 5.89. The summed E-state index contributed by atoms with van der Waals surface area (Å²) < 4.78 is 0. The van der Waals surface area contributed by atoms with E-state index in [0.717, 1.165) is 24.8 Å². The molecule has 1 saturated heterocycles. The molecule has 1 aliphatic rings. The number of urea groups is 1. The van der Waals surface area contributed by atoms with Crippen LogP contribution in [0.5, 0.6) is 0 Å². The first-order valence-electron chi connectivity index (χ1n) is 9.30. The molecule has 164 valence electrons. The molecule has 1 aliphatic heterocycles. The number of benzene rings is 1. The van der Waals surface area contributed by atoms with E-state index in [1.807, 2.05) is 13.1 Å². The SMILES string of the molecule is CC1NC(=O)NC1CCc1ccc2[nH]cc(CCN)c2c1.O.O=C(O)C=CC(=O)O. The van der Waals surface area contributed by atoms with Crippen molar-refractivity contribution >= 4 is 28.9 Å². The van der Waals surface area contributed by atoms with E-state index < -0.39 is 11.9 Å². The number of hydrogen-bond donors (Lipinski definition) is 6. The minimum Gasteiger partial charge on any atom is -0.478 e. The van der Waals surface area contributed by atoms with Gasteiger partial charge in [0.2, 0.25) is 0 Å². The zero-order valence-electron chi connectivity index (χ0n) is 16.6. The number of aromatic amines is 1. The lowest BCUT2D eigenvalue weighted by molar-refractivity contribution is -0.134. The van der Waals surface area contributed by atoms with Crippen molar-refractivity contribution < 1.29 is 30.1 Å². The fraction of sp³-hybridized carbons (Fsp3) is 0.350. The van der Waals surface area contributed by atoms with Crippen LogP contribution in [0.4, 0.5) is 4.79 Å².